The maximum Gasteiger partial charge on any atom is 0.126 e. The molecular weight excluding hydrogens is 300 g/mol. The SMILES string of the molecule is O[C@@H]1CC2(CCSCC2)Oc2ccc(Br)cc21. The summed E-state index contributed by atoms with van der Waals surface area (Å²) in [5.41, 5.74) is 0.800. The largest absolute Gasteiger partial charge is 0.487 e. The Bertz CT molecular complexity index is 429. The molecular formula is C13H15BrO2S. The van der Waals surface area contributed by atoms with Gasteiger partial charge < -0.3 is 9.84 Å². The number of hydrogen-bond acceptors (Lipinski definition) is 3. The lowest BCUT2D eigenvalue weighted by Gasteiger charge is -2.43. The molecule has 1 spiro atoms. The molecule has 1 fully saturated rings. The first-order chi connectivity index (χ1) is 8.19. The molecule has 0 amide bonds. The van der Waals surface area contributed by atoms with Crippen LogP contribution in [0.15, 0.2) is 22.7 Å². The molecule has 0 saturated carbocycles. The fourth-order valence-corrected chi connectivity index (χ4v) is 4.28. The number of thioether (sulfide) groups is 1. The zero-order valence-corrected chi connectivity index (χ0v) is 11.9. The van der Waals surface area contributed by atoms with Gasteiger partial charge in [-0.15, -0.1) is 0 Å². The van der Waals surface area contributed by atoms with E-state index in [9.17, 15) is 5.11 Å². The van der Waals surface area contributed by atoms with E-state index < -0.39 is 0 Å². The van der Waals surface area contributed by atoms with E-state index in [1.807, 2.05) is 30.0 Å². The summed E-state index contributed by atoms with van der Waals surface area (Å²) in [5.74, 6) is 3.14. The molecule has 2 aliphatic rings. The van der Waals surface area contributed by atoms with Gasteiger partial charge >= 0.3 is 0 Å². The van der Waals surface area contributed by atoms with Crippen molar-refractivity contribution >= 4 is 27.7 Å². The Morgan fingerprint density at radius 2 is 2.12 bits per heavy atom. The summed E-state index contributed by atoms with van der Waals surface area (Å²) in [6.45, 7) is 0. The van der Waals surface area contributed by atoms with Gasteiger partial charge in [-0.05, 0) is 42.5 Å². The van der Waals surface area contributed by atoms with Gasteiger partial charge in [0.1, 0.15) is 11.4 Å². The predicted molar refractivity (Wildman–Crippen MR) is 73.6 cm³/mol. The van der Waals surface area contributed by atoms with E-state index in [2.05, 4.69) is 15.9 Å². The van der Waals surface area contributed by atoms with Gasteiger partial charge in [0.25, 0.3) is 0 Å². The van der Waals surface area contributed by atoms with Crippen molar-refractivity contribution in [2.75, 3.05) is 11.5 Å². The average Bonchev–Trinajstić information content (AvgIpc) is 2.31. The van der Waals surface area contributed by atoms with E-state index in [1.54, 1.807) is 0 Å². The highest BCUT2D eigenvalue weighted by atomic mass is 79.9. The summed E-state index contributed by atoms with van der Waals surface area (Å²) in [5, 5.41) is 10.3. The van der Waals surface area contributed by atoms with E-state index in [4.69, 9.17) is 4.74 Å². The van der Waals surface area contributed by atoms with Crippen LogP contribution < -0.4 is 4.74 Å². The van der Waals surface area contributed by atoms with Crippen molar-refractivity contribution in [1.82, 2.24) is 0 Å². The first kappa shape index (κ1) is 11.9. The van der Waals surface area contributed by atoms with E-state index in [0.29, 0.717) is 0 Å². The first-order valence-corrected chi connectivity index (χ1v) is 7.88. The van der Waals surface area contributed by atoms with Crippen LogP contribution in [-0.4, -0.2) is 22.2 Å². The topological polar surface area (TPSA) is 29.5 Å². The fourth-order valence-electron chi connectivity index (χ4n) is 2.66. The third-order valence-electron chi connectivity index (χ3n) is 3.63. The standard InChI is InChI=1S/C13H15BrO2S/c14-9-1-2-12-10(7-9)11(15)8-13(16-12)3-5-17-6-4-13/h1-2,7,11,15H,3-6,8H2/t11-/m1/s1. The zero-order valence-electron chi connectivity index (χ0n) is 9.49. The molecule has 3 rings (SSSR count). The van der Waals surface area contributed by atoms with Crippen molar-refractivity contribution in [3.8, 4) is 5.75 Å². The minimum atomic E-state index is -0.389. The minimum absolute atomic E-state index is 0.120. The molecule has 0 aromatic heterocycles. The molecule has 1 aromatic carbocycles. The van der Waals surface area contributed by atoms with Crippen LogP contribution in [0.1, 0.15) is 30.9 Å². The molecule has 1 saturated heterocycles. The Labute approximate surface area is 114 Å². The van der Waals surface area contributed by atoms with Crippen molar-refractivity contribution < 1.29 is 9.84 Å². The van der Waals surface area contributed by atoms with Gasteiger partial charge in [-0.25, -0.2) is 0 Å². The predicted octanol–water partition coefficient (Wildman–Crippen LogP) is 3.53. The first-order valence-electron chi connectivity index (χ1n) is 5.93. The van der Waals surface area contributed by atoms with Crippen LogP contribution in [0.5, 0.6) is 5.75 Å². The Hall–Kier alpha value is -0.190. The van der Waals surface area contributed by atoms with E-state index in [0.717, 1.165) is 46.6 Å². The molecule has 4 heteroatoms. The summed E-state index contributed by atoms with van der Waals surface area (Å²) < 4.78 is 7.19. The smallest absolute Gasteiger partial charge is 0.126 e. The zero-order chi connectivity index (χ0) is 11.9. The van der Waals surface area contributed by atoms with E-state index in [-0.39, 0.29) is 11.7 Å². The van der Waals surface area contributed by atoms with Gasteiger partial charge in [-0.2, -0.15) is 11.8 Å². The second-order valence-corrected chi connectivity index (χ2v) is 6.94. The molecule has 92 valence electrons. The third-order valence-corrected chi connectivity index (χ3v) is 5.11. The molecule has 0 aliphatic carbocycles. The van der Waals surface area contributed by atoms with Gasteiger partial charge in [0.05, 0.1) is 6.10 Å². The molecule has 2 nitrogen and oxygen atoms in total. The van der Waals surface area contributed by atoms with Crippen molar-refractivity contribution in [3.05, 3.63) is 28.2 Å². The average molecular weight is 315 g/mol. The third kappa shape index (κ3) is 2.23. The summed E-state index contributed by atoms with van der Waals surface area (Å²) in [4.78, 5) is 0. The van der Waals surface area contributed by atoms with Gasteiger partial charge in [0.2, 0.25) is 0 Å². The number of halogens is 1. The minimum Gasteiger partial charge on any atom is -0.487 e. The van der Waals surface area contributed by atoms with Crippen LogP contribution in [0.3, 0.4) is 0 Å². The molecule has 0 radical (unpaired) electrons. The highest BCUT2D eigenvalue weighted by Gasteiger charge is 2.41. The Morgan fingerprint density at radius 3 is 2.88 bits per heavy atom. The maximum atomic E-state index is 10.3. The fraction of sp³-hybridized carbons (Fsp3) is 0.538. The van der Waals surface area contributed by atoms with Gasteiger partial charge in [-0.1, -0.05) is 15.9 Å². The molecule has 17 heavy (non-hydrogen) atoms. The van der Waals surface area contributed by atoms with E-state index in [1.165, 1.54) is 0 Å². The molecule has 2 aliphatic heterocycles. The van der Waals surface area contributed by atoms with Crippen LogP contribution in [0, 0.1) is 0 Å². The normalized spacial score (nSPS) is 26.4. The van der Waals surface area contributed by atoms with Crippen LogP contribution in [-0.2, 0) is 0 Å². The molecule has 2 heterocycles. The Morgan fingerprint density at radius 1 is 1.35 bits per heavy atom. The number of ether oxygens (including phenoxy) is 1. The molecule has 1 atom stereocenters. The lowest BCUT2D eigenvalue weighted by atomic mass is 9.84. The van der Waals surface area contributed by atoms with Crippen LogP contribution in [0.2, 0.25) is 0 Å². The quantitative estimate of drug-likeness (QED) is 0.794. The number of rotatable bonds is 0. The number of hydrogen-bond donors (Lipinski definition) is 1. The molecule has 1 aromatic rings. The summed E-state index contributed by atoms with van der Waals surface area (Å²) in [7, 11) is 0. The molecule has 0 bridgehead atoms. The van der Waals surface area contributed by atoms with Crippen molar-refractivity contribution in [3.63, 3.8) is 0 Å². The highest BCUT2D eigenvalue weighted by molar-refractivity contribution is 9.10. The van der Waals surface area contributed by atoms with Gasteiger partial charge in [-0.3, -0.25) is 0 Å². The summed E-state index contributed by atoms with van der Waals surface area (Å²) in [6.07, 6.45) is 2.44. The van der Waals surface area contributed by atoms with Crippen LogP contribution in [0.4, 0.5) is 0 Å². The van der Waals surface area contributed by atoms with E-state index >= 15 is 0 Å². The van der Waals surface area contributed by atoms with Crippen LogP contribution >= 0.6 is 27.7 Å². The summed E-state index contributed by atoms with van der Waals surface area (Å²) in [6, 6.07) is 5.90. The van der Waals surface area contributed by atoms with Gasteiger partial charge in [0, 0.05) is 16.5 Å². The molecule has 0 unspecified atom stereocenters. The number of fused-ring (bicyclic) bond motifs is 1. The maximum absolute atomic E-state index is 10.3. The number of aliphatic hydroxyl groups excluding tert-OH is 1. The Kier molecular flexibility index (Phi) is 3.13. The second-order valence-electron chi connectivity index (χ2n) is 4.80. The van der Waals surface area contributed by atoms with Crippen molar-refractivity contribution in [1.29, 1.82) is 0 Å². The number of benzene rings is 1. The van der Waals surface area contributed by atoms with Crippen LogP contribution in [0.25, 0.3) is 0 Å². The van der Waals surface area contributed by atoms with Crippen molar-refractivity contribution in [2.45, 2.75) is 31.0 Å². The monoisotopic (exact) mass is 314 g/mol. The lowest BCUT2D eigenvalue weighted by Crippen LogP contribution is -2.44. The summed E-state index contributed by atoms with van der Waals surface area (Å²) >= 11 is 5.41. The Balaban J connectivity index is 1.94. The molecule has 1 N–H and O–H groups in total. The van der Waals surface area contributed by atoms with Crippen molar-refractivity contribution in [2.24, 2.45) is 0 Å². The highest BCUT2D eigenvalue weighted by Crippen LogP contribution is 2.45. The second kappa shape index (κ2) is 4.48. The number of aliphatic hydroxyl groups is 1. The van der Waals surface area contributed by atoms with Gasteiger partial charge in [0.15, 0.2) is 0 Å². The lowest BCUT2D eigenvalue weighted by molar-refractivity contribution is -0.0198.